The van der Waals surface area contributed by atoms with E-state index in [1.807, 2.05) is 6.92 Å². The Hall–Kier alpha value is -2.57. The minimum atomic E-state index is -0.663. The van der Waals surface area contributed by atoms with Gasteiger partial charge in [-0.1, -0.05) is 31.9 Å². The maximum Gasteiger partial charge on any atom is 0.325 e. The van der Waals surface area contributed by atoms with E-state index in [2.05, 4.69) is 17.6 Å². The Labute approximate surface area is 159 Å². The quantitative estimate of drug-likeness (QED) is 0.678. The van der Waals surface area contributed by atoms with Crippen LogP contribution in [0.15, 0.2) is 24.3 Å². The molecule has 0 heterocycles. The summed E-state index contributed by atoms with van der Waals surface area (Å²) in [7, 11) is 0. The van der Waals surface area contributed by atoms with Crippen molar-refractivity contribution in [2.24, 2.45) is 5.92 Å². The molecule has 1 aromatic rings. The maximum absolute atomic E-state index is 12.2. The summed E-state index contributed by atoms with van der Waals surface area (Å²) in [5, 5.41) is 5.40. The summed E-state index contributed by atoms with van der Waals surface area (Å²) in [5.41, 5.74) is 0.344. The first-order valence-corrected chi connectivity index (χ1v) is 9.46. The number of para-hydroxylation sites is 1. The van der Waals surface area contributed by atoms with Crippen molar-refractivity contribution >= 4 is 17.8 Å². The zero-order valence-electron chi connectivity index (χ0n) is 16.0. The third kappa shape index (κ3) is 6.58. The standard InChI is InChI=1S/C20H28N2O5/c1-3-26-17-11-7-5-9-15(17)20(25)21-12-19(24)27-13-18(23)22-16-10-6-4-8-14(16)2/h5,7,9,11,14,16H,3-4,6,8,10,12-13H2,1-2H3,(H,21,25)(H,22,23)/t14-,16+/m1/s1. The molecule has 1 aliphatic rings. The summed E-state index contributed by atoms with van der Waals surface area (Å²) in [6.07, 6.45) is 4.34. The van der Waals surface area contributed by atoms with Crippen LogP contribution in [-0.4, -0.2) is 43.6 Å². The fourth-order valence-corrected chi connectivity index (χ4v) is 3.16. The van der Waals surface area contributed by atoms with E-state index in [-0.39, 0.29) is 25.1 Å². The molecule has 2 atom stereocenters. The summed E-state index contributed by atoms with van der Waals surface area (Å²) in [6.45, 7) is 3.72. The van der Waals surface area contributed by atoms with Crippen molar-refractivity contribution in [3.63, 3.8) is 0 Å². The number of esters is 1. The van der Waals surface area contributed by atoms with Crippen LogP contribution in [0.4, 0.5) is 0 Å². The van der Waals surface area contributed by atoms with Gasteiger partial charge in [-0.2, -0.15) is 0 Å². The van der Waals surface area contributed by atoms with Gasteiger partial charge in [-0.3, -0.25) is 14.4 Å². The number of carbonyl (C=O) groups is 3. The highest BCUT2D eigenvalue weighted by molar-refractivity contribution is 5.98. The minimum absolute atomic E-state index is 0.139. The molecule has 0 bridgehead atoms. The highest BCUT2D eigenvalue weighted by Crippen LogP contribution is 2.23. The molecule has 0 radical (unpaired) electrons. The van der Waals surface area contributed by atoms with Gasteiger partial charge in [0, 0.05) is 6.04 Å². The number of benzene rings is 1. The predicted octanol–water partition coefficient (Wildman–Crippen LogP) is 2.05. The largest absolute Gasteiger partial charge is 0.493 e. The molecular weight excluding hydrogens is 348 g/mol. The second-order valence-corrected chi connectivity index (χ2v) is 6.71. The molecule has 27 heavy (non-hydrogen) atoms. The number of hydrogen-bond acceptors (Lipinski definition) is 5. The molecule has 7 nitrogen and oxygen atoms in total. The Morgan fingerprint density at radius 3 is 2.63 bits per heavy atom. The van der Waals surface area contributed by atoms with Crippen LogP contribution in [0.5, 0.6) is 5.75 Å². The van der Waals surface area contributed by atoms with Gasteiger partial charge in [-0.25, -0.2) is 0 Å². The zero-order valence-corrected chi connectivity index (χ0v) is 16.0. The SMILES string of the molecule is CCOc1ccccc1C(=O)NCC(=O)OCC(=O)N[C@H]1CCCC[C@H]1C. The second kappa shape index (κ2) is 10.5. The maximum atomic E-state index is 12.2. The fraction of sp³-hybridized carbons (Fsp3) is 0.550. The predicted molar refractivity (Wildman–Crippen MR) is 100 cm³/mol. The van der Waals surface area contributed by atoms with E-state index in [4.69, 9.17) is 9.47 Å². The number of ether oxygens (including phenoxy) is 2. The molecule has 0 aliphatic heterocycles. The van der Waals surface area contributed by atoms with Crippen LogP contribution < -0.4 is 15.4 Å². The Balaban J connectivity index is 1.73. The Kier molecular flexibility index (Phi) is 8.10. The van der Waals surface area contributed by atoms with Crippen LogP contribution in [0.25, 0.3) is 0 Å². The number of nitrogens with one attached hydrogen (secondary N) is 2. The monoisotopic (exact) mass is 376 g/mol. The van der Waals surface area contributed by atoms with Crippen molar-refractivity contribution < 1.29 is 23.9 Å². The van der Waals surface area contributed by atoms with Gasteiger partial charge >= 0.3 is 5.97 Å². The number of carbonyl (C=O) groups excluding carboxylic acids is 3. The molecule has 2 N–H and O–H groups in total. The molecule has 0 saturated heterocycles. The summed E-state index contributed by atoms with van der Waals surface area (Å²) in [6, 6.07) is 6.92. The average molecular weight is 376 g/mol. The summed E-state index contributed by atoms with van der Waals surface area (Å²) >= 11 is 0. The van der Waals surface area contributed by atoms with Crippen molar-refractivity contribution in [1.29, 1.82) is 0 Å². The van der Waals surface area contributed by atoms with E-state index in [0.717, 1.165) is 19.3 Å². The molecule has 2 amide bonds. The number of rotatable bonds is 8. The lowest BCUT2D eigenvalue weighted by Crippen LogP contribution is -2.43. The topological polar surface area (TPSA) is 93.7 Å². The third-order valence-corrected chi connectivity index (χ3v) is 4.65. The van der Waals surface area contributed by atoms with Gasteiger partial charge in [0.25, 0.3) is 11.8 Å². The van der Waals surface area contributed by atoms with Crippen LogP contribution >= 0.6 is 0 Å². The Morgan fingerprint density at radius 1 is 1.15 bits per heavy atom. The molecule has 1 aromatic carbocycles. The zero-order chi connectivity index (χ0) is 19.6. The van der Waals surface area contributed by atoms with Crippen molar-refractivity contribution in [1.82, 2.24) is 10.6 Å². The average Bonchev–Trinajstić information content (AvgIpc) is 2.67. The van der Waals surface area contributed by atoms with Gasteiger partial charge in [-0.15, -0.1) is 0 Å². The molecule has 1 fully saturated rings. The molecule has 1 aliphatic carbocycles. The lowest BCUT2D eigenvalue weighted by molar-refractivity contribution is -0.147. The van der Waals surface area contributed by atoms with Crippen LogP contribution in [0, 0.1) is 5.92 Å². The number of amides is 2. The smallest absolute Gasteiger partial charge is 0.325 e. The highest BCUT2D eigenvalue weighted by atomic mass is 16.5. The number of hydrogen-bond donors (Lipinski definition) is 2. The van der Waals surface area contributed by atoms with Crippen LogP contribution in [0.2, 0.25) is 0 Å². The van der Waals surface area contributed by atoms with Gasteiger partial charge in [0.2, 0.25) is 0 Å². The van der Waals surface area contributed by atoms with E-state index in [1.165, 1.54) is 6.42 Å². The Morgan fingerprint density at radius 2 is 1.89 bits per heavy atom. The fourth-order valence-electron chi connectivity index (χ4n) is 3.16. The highest BCUT2D eigenvalue weighted by Gasteiger charge is 2.23. The van der Waals surface area contributed by atoms with Gasteiger partial charge < -0.3 is 20.1 Å². The van der Waals surface area contributed by atoms with E-state index < -0.39 is 11.9 Å². The molecule has 7 heteroatoms. The van der Waals surface area contributed by atoms with Crippen LogP contribution in [-0.2, 0) is 14.3 Å². The normalized spacial score (nSPS) is 19.0. The van der Waals surface area contributed by atoms with Crippen LogP contribution in [0.3, 0.4) is 0 Å². The molecule has 2 rings (SSSR count). The van der Waals surface area contributed by atoms with Crippen molar-refractivity contribution in [2.75, 3.05) is 19.8 Å². The van der Waals surface area contributed by atoms with Crippen molar-refractivity contribution in [3.8, 4) is 5.75 Å². The first kappa shape index (κ1) is 20.7. The third-order valence-electron chi connectivity index (χ3n) is 4.65. The van der Waals surface area contributed by atoms with Crippen LogP contribution in [0.1, 0.15) is 49.9 Å². The summed E-state index contributed by atoms with van der Waals surface area (Å²) < 4.78 is 10.3. The molecule has 1 saturated carbocycles. The molecule has 148 valence electrons. The lowest BCUT2D eigenvalue weighted by Gasteiger charge is -2.29. The van der Waals surface area contributed by atoms with Gasteiger partial charge in [0.1, 0.15) is 12.3 Å². The molecule has 0 spiro atoms. The van der Waals surface area contributed by atoms with Gasteiger partial charge in [0.15, 0.2) is 6.61 Å². The van der Waals surface area contributed by atoms with E-state index >= 15 is 0 Å². The van der Waals surface area contributed by atoms with E-state index in [0.29, 0.717) is 23.8 Å². The summed E-state index contributed by atoms with van der Waals surface area (Å²) in [4.78, 5) is 36.0. The lowest BCUT2D eigenvalue weighted by atomic mass is 9.86. The van der Waals surface area contributed by atoms with Gasteiger partial charge in [0.05, 0.1) is 12.2 Å². The van der Waals surface area contributed by atoms with E-state index in [1.54, 1.807) is 24.3 Å². The van der Waals surface area contributed by atoms with E-state index in [9.17, 15) is 14.4 Å². The summed E-state index contributed by atoms with van der Waals surface area (Å²) in [5.74, 6) is -0.523. The van der Waals surface area contributed by atoms with Crippen molar-refractivity contribution in [2.45, 2.75) is 45.6 Å². The molecule has 0 aromatic heterocycles. The Bertz CT molecular complexity index is 662. The molecule has 0 unspecified atom stereocenters. The second-order valence-electron chi connectivity index (χ2n) is 6.71. The van der Waals surface area contributed by atoms with Crippen molar-refractivity contribution in [3.05, 3.63) is 29.8 Å². The minimum Gasteiger partial charge on any atom is -0.493 e. The molecular formula is C20H28N2O5. The first-order chi connectivity index (χ1) is 13.0. The van der Waals surface area contributed by atoms with Gasteiger partial charge in [-0.05, 0) is 37.8 Å². The first-order valence-electron chi connectivity index (χ1n) is 9.46.